The Morgan fingerprint density at radius 3 is 2.69 bits per heavy atom. The summed E-state index contributed by atoms with van der Waals surface area (Å²) in [6, 6.07) is 7.19. The topological polar surface area (TPSA) is 96.5 Å². The van der Waals surface area contributed by atoms with Crippen molar-refractivity contribution in [1.82, 2.24) is 15.0 Å². The molecule has 1 N–H and O–H groups in total. The van der Waals surface area contributed by atoms with Crippen molar-refractivity contribution in [2.75, 3.05) is 13.1 Å². The zero-order chi connectivity index (χ0) is 18.3. The van der Waals surface area contributed by atoms with Crippen molar-refractivity contribution in [1.29, 1.82) is 0 Å². The number of rotatable bonds is 4. The zero-order valence-corrected chi connectivity index (χ0v) is 14.7. The molecule has 1 aromatic heterocycles. The van der Waals surface area contributed by atoms with Crippen LogP contribution in [0.3, 0.4) is 0 Å². The highest BCUT2D eigenvalue weighted by Gasteiger charge is 2.50. The Kier molecular flexibility index (Phi) is 4.40. The summed E-state index contributed by atoms with van der Waals surface area (Å²) in [4.78, 5) is 29.7. The molecule has 2 heterocycles. The molecular weight excluding hydrogens is 358 g/mol. The fourth-order valence-corrected chi connectivity index (χ4v) is 3.60. The maximum absolute atomic E-state index is 12.5. The molecule has 4 rings (SSSR count). The molecule has 0 bridgehead atoms. The molecule has 3 atom stereocenters. The lowest BCUT2D eigenvalue weighted by Crippen LogP contribution is -2.40. The van der Waals surface area contributed by atoms with Crippen molar-refractivity contribution in [3.63, 3.8) is 0 Å². The third-order valence-electron chi connectivity index (χ3n) is 5.05. The van der Waals surface area contributed by atoms with E-state index in [4.69, 9.17) is 21.2 Å². The number of benzene rings is 1. The summed E-state index contributed by atoms with van der Waals surface area (Å²) in [5.74, 6) is -0.878. The second-order valence-electron chi connectivity index (χ2n) is 6.87. The number of carbonyl (C=O) groups excluding carboxylic acids is 1. The number of aliphatic carboxylic acids is 1. The Balaban J connectivity index is 1.44. The smallest absolute Gasteiger partial charge is 0.307 e. The maximum Gasteiger partial charge on any atom is 0.307 e. The number of amides is 1. The molecule has 1 saturated heterocycles. The first-order chi connectivity index (χ1) is 12.5. The van der Waals surface area contributed by atoms with Gasteiger partial charge in [0.15, 0.2) is 0 Å². The van der Waals surface area contributed by atoms with Gasteiger partial charge >= 0.3 is 5.97 Å². The van der Waals surface area contributed by atoms with E-state index in [0.717, 1.165) is 18.4 Å². The van der Waals surface area contributed by atoms with Gasteiger partial charge in [0, 0.05) is 23.7 Å². The normalized spacial score (nSPS) is 25.1. The summed E-state index contributed by atoms with van der Waals surface area (Å²) >= 11 is 5.89. The van der Waals surface area contributed by atoms with Crippen LogP contribution in [0.2, 0.25) is 5.02 Å². The van der Waals surface area contributed by atoms with E-state index in [2.05, 4.69) is 10.1 Å². The number of carbonyl (C=O) groups is 2. The summed E-state index contributed by atoms with van der Waals surface area (Å²) in [7, 11) is 0. The first-order valence-corrected chi connectivity index (χ1v) is 9.02. The minimum atomic E-state index is -0.888. The maximum atomic E-state index is 12.5. The molecule has 2 aliphatic rings. The minimum absolute atomic E-state index is 0.0247. The molecule has 0 spiro atoms. The first kappa shape index (κ1) is 17.0. The van der Waals surface area contributed by atoms with E-state index in [1.54, 1.807) is 17.0 Å². The number of hydrogen-bond donors (Lipinski definition) is 1. The van der Waals surface area contributed by atoms with Gasteiger partial charge in [-0.05, 0) is 43.5 Å². The number of halogens is 1. The molecule has 1 aliphatic carbocycles. The molecule has 7 nitrogen and oxygen atoms in total. The van der Waals surface area contributed by atoms with E-state index in [1.807, 2.05) is 12.1 Å². The molecule has 2 fully saturated rings. The van der Waals surface area contributed by atoms with Crippen LogP contribution in [0, 0.1) is 11.8 Å². The Labute approximate surface area is 154 Å². The van der Waals surface area contributed by atoms with Crippen LogP contribution in [0.4, 0.5) is 0 Å². The predicted molar refractivity (Wildman–Crippen MR) is 92.5 cm³/mol. The second-order valence-corrected chi connectivity index (χ2v) is 7.31. The molecule has 1 aliphatic heterocycles. The van der Waals surface area contributed by atoms with Crippen molar-refractivity contribution in [2.24, 2.45) is 11.8 Å². The van der Waals surface area contributed by atoms with E-state index in [1.165, 1.54) is 0 Å². The lowest BCUT2D eigenvalue weighted by molar-refractivity contribution is -0.142. The highest BCUT2D eigenvalue weighted by atomic mass is 35.5. The molecule has 26 heavy (non-hydrogen) atoms. The van der Waals surface area contributed by atoms with E-state index < -0.39 is 11.9 Å². The SMILES string of the molecule is O=C(O)C1CC1C(=O)N1CCCC(c2nc(-c3ccc(Cl)cc3)no2)C1. The Morgan fingerprint density at radius 2 is 2.00 bits per heavy atom. The van der Waals surface area contributed by atoms with Crippen LogP contribution < -0.4 is 0 Å². The highest BCUT2D eigenvalue weighted by Crippen LogP contribution is 2.41. The number of likely N-dealkylation sites (tertiary alicyclic amines) is 1. The van der Waals surface area contributed by atoms with E-state index >= 15 is 0 Å². The standard InChI is InChI=1S/C18H18ClN3O4/c19-12-5-3-10(4-6-12)15-20-16(26-21-15)11-2-1-7-22(9-11)17(23)13-8-14(13)18(24)25/h3-6,11,13-14H,1-2,7-9H2,(H,24,25). The van der Waals surface area contributed by atoms with Gasteiger partial charge in [0.05, 0.1) is 17.8 Å². The molecule has 136 valence electrons. The average Bonchev–Trinajstić information content (AvgIpc) is 3.31. The van der Waals surface area contributed by atoms with E-state index in [-0.39, 0.29) is 17.7 Å². The van der Waals surface area contributed by atoms with Crippen LogP contribution in [-0.4, -0.2) is 45.1 Å². The predicted octanol–water partition coefficient (Wildman–Crippen LogP) is 2.82. The minimum Gasteiger partial charge on any atom is -0.481 e. The van der Waals surface area contributed by atoms with Gasteiger partial charge < -0.3 is 14.5 Å². The number of carboxylic acids is 1. The lowest BCUT2D eigenvalue weighted by atomic mass is 9.97. The van der Waals surface area contributed by atoms with Crippen LogP contribution in [0.25, 0.3) is 11.4 Å². The van der Waals surface area contributed by atoms with Crippen molar-refractivity contribution < 1.29 is 19.2 Å². The number of carboxylic acid groups (broad SMARTS) is 1. The van der Waals surface area contributed by atoms with E-state index in [0.29, 0.717) is 36.2 Å². The van der Waals surface area contributed by atoms with Crippen LogP contribution in [-0.2, 0) is 9.59 Å². The molecule has 2 aromatic rings. The molecule has 0 radical (unpaired) electrons. The number of piperidine rings is 1. The molecule has 1 aromatic carbocycles. The third kappa shape index (κ3) is 3.31. The van der Waals surface area contributed by atoms with Gasteiger partial charge in [-0.2, -0.15) is 4.98 Å². The quantitative estimate of drug-likeness (QED) is 0.882. The summed E-state index contributed by atoms with van der Waals surface area (Å²) in [5.41, 5.74) is 0.815. The van der Waals surface area contributed by atoms with Gasteiger partial charge in [-0.3, -0.25) is 9.59 Å². The van der Waals surface area contributed by atoms with Gasteiger partial charge in [-0.25, -0.2) is 0 Å². The van der Waals surface area contributed by atoms with Crippen molar-refractivity contribution >= 4 is 23.5 Å². The fraction of sp³-hybridized carbons (Fsp3) is 0.444. The van der Waals surface area contributed by atoms with Gasteiger partial charge in [0.1, 0.15) is 0 Å². The number of nitrogens with zero attached hydrogens (tertiary/aromatic N) is 3. The second kappa shape index (κ2) is 6.72. The Morgan fingerprint density at radius 1 is 1.23 bits per heavy atom. The largest absolute Gasteiger partial charge is 0.481 e. The van der Waals surface area contributed by atoms with Gasteiger partial charge in [-0.15, -0.1) is 0 Å². The Hall–Kier alpha value is -2.41. The molecule has 3 unspecified atom stereocenters. The first-order valence-electron chi connectivity index (χ1n) is 8.64. The number of aromatic nitrogens is 2. The molecule has 1 saturated carbocycles. The van der Waals surface area contributed by atoms with Crippen LogP contribution >= 0.6 is 11.6 Å². The lowest BCUT2D eigenvalue weighted by Gasteiger charge is -2.31. The molecule has 8 heteroatoms. The van der Waals surface area contributed by atoms with Gasteiger partial charge in [-0.1, -0.05) is 16.8 Å². The van der Waals surface area contributed by atoms with Gasteiger partial charge in [0.2, 0.25) is 17.6 Å². The monoisotopic (exact) mass is 375 g/mol. The van der Waals surface area contributed by atoms with Crippen LogP contribution in [0.15, 0.2) is 28.8 Å². The molecular formula is C18H18ClN3O4. The fourth-order valence-electron chi connectivity index (χ4n) is 3.47. The summed E-state index contributed by atoms with van der Waals surface area (Å²) in [6.07, 6.45) is 2.13. The summed E-state index contributed by atoms with van der Waals surface area (Å²) < 4.78 is 5.43. The van der Waals surface area contributed by atoms with Crippen molar-refractivity contribution in [3.8, 4) is 11.4 Å². The van der Waals surface area contributed by atoms with Crippen molar-refractivity contribution in [2.45, 2.75) is 25.2 Å². The highest BCUT2D eigenvalue weighted by molar-refractivity contribution is 6.30. The van der Waals surface area contributed by atoms with Crippen molar-refractivity contribution in [3.05, 3.63) is 35.2 Å². The summed E-state index contributed by atoms with van der Waals surface area (Å²) in [6.45, 7) is 1.14. The zero-order valence-electron chi connectivity index (χ0n) is 14.0. The number of hydrogen-bond acceptors (Lipinski definition) is 5. The van der Waals surface area contributed by atoms with E-state index in [9.17, 15) is 9.59 Å². The summed E-state index contributed by atoms with van der Waals surface area (Å²) in [5, 5.41) is 13.7. The van der Waals surface area contributed by atoms with Crippen LogP contribution in [0.5, 0.6) is 0 Å². The Bertz CT molecular complexity index is 835. The molecule has 1 amide bonds. The van der Waals surface area contributed by atoms with Crippen LogP contribution in [0.1, 0.15) is 31.1 Å². The average molecular weight is 376 g/mol. The third-order valence-corrected chi connectivity index (χ3v) is 5.30. The van der Waals surface area contributed by atoms with Gasteiger partial charge in [0.25, 0.3) is 0 Å².